The molecule has 1 fully saturated rings. The Morgan fingerprint density at radius 2 is 1.86 bits per heavy atom. The molecule has 3 N–H and O–H groups in total. The Morgan fingerprint density at radius 3 is 2.43 bits per heavy atom. The number of nitrogens with zero attached hydrogens (tertiary/aromatic N) is 4. The smallest absolute Gasteiger partial charge is 0.353 e. The van der Waals surface area contributed by atoms with E-state index in [0.29, 0.717) is 12.3 Å². The summed E-state index contributed by atoms with van der Waals surface area (Å²) in [6.07, 6.45) is -7.42. The second-order valence-corrected chi connectivity index (χ2v) is 9.51. The summed E-state index contributed by atoms with van der Waals surface area (Å²) in [4.78, 5) is 23.4. The lowest BCUT2D eigenvalue weighted by atomic mass is 9.98. The van der Waals surface area contributed by atoms with Crippen LogP contribution in [-0.4, -0.2) is 62.9 Å². The number of rotatable bonds is 5. The van der Waals surface area contributed by atoms with Gasteiger partial charge in [0.25, 0.3) is 5.91 Å². The van der Waals surface area contributed by atoms with E-state index in [-0.39, 0.29) is 36.2 Å². The Hall–Kier alpha value is -2.78. The van der Waals surface area contributed by atoms with Crippen LogP contribution in [-0.2, 0) is 17.2 Å². The molecule has 0 bridgehead atoms. The molecule has 8 nitrogen and oxygen atoms in total. The molecule has 1 unspecified atom stereocenters. The van der Waals surface area contributed by atoms with Crippen LogP contribution in [0.3, 0.4) is 0 Å². The Labute approximate surface area is 199 Å². The summed E-state index contributed by atoms with van der Waals surface area (Å²) in [7, 11) is -1.96. The Balaban J connectivity index is 1.95. The van der Waals surface area contributed by atoms with Gasteiger partial charge in [-0.3, -0.25) is 9.69 Å². The van der Waals surface area contributed by atoms with Crippen LogP contribution in [0.25, 0.3) is 0 Å². The third-order valence-electron chi connectivity index (χ3n) is 5.38. The number of hydrogen-bond donors (Lipinski definition) is 2. The highest BCUT2D eigenvalue weighted by Crippen LogP contribution is 2.34. The minimum Gasteiger partial charge on any atom is -0.353 e. The van der Waals surface area contributed by atoms with E-state index in [4.69, 9.17) is 5.14 Å². The standard InChI is InChI=1S/C20H22F6N6O2S/c1-18(2)10-31(5-6-32(18)11-19(21,22)23)16-14(7-12(9-29-16)20(24,25)26)17(33)30-13-3-4-28-15(8-13)35(27)34/h3-4,7-9H,5-6,10-11,27H2,1-2H3,(H,28,30,33). The van der Waals surface area contributed by atoms with E-state index in [2.05, 4.69) is 15.3 Å². The molecule has 2 aromatic rings. The van der Waals surface area contributed by atoms with Crippen molar-refractivity contribution in [2.75, 3.05) is 36.4 Å². The third kappa shape index (κ3) is 6.67. The van der Waals surface area contributed by atoms with E-state index < -0.39 is 52.5 Å². The Bertz CT molecular complexity index is 1120. The second kappa shape index (κ2) is 9.70. The topological polar surface area (TPSA) is 104 Å². The number of hydrogen-bond acceptors (Lipinski definition) is 6. The first kappa shape index (κ1) is 26.8. The summed E-state index contributed by atoms with van der Waals surface area (Å²) >= 11 is 0. The molecule has 1 amide bonds. The maximum Gasteiger partial charge on any atom is 0.417 e. The minimum atomic E-state index is -4.79. The summed E-state index contributed by atoms with van der Waals surface area (Å²) in [6.45, 7) is 1.93. The first-order valence-electron chi connectivity index (χ1n) is 10.1. The largest absolute Gasteiger partial charge is 0.417 e. The first-order valence-corrected chi connectivity index (χ1v) is 11.4. The molecule has 1 atom stereocenters. The maximum atomic E-state index is 13.4. The molecule has 0 spiro atoms. The van der Waals surface area contributed by atoms with E-state index in [0.717, 1.165) is 0 Å². The van der Waals surface area contributed by atoms with Gasteiger partial charge >= 0.3 is 12.4 Å². The molecule has 0 aromatic carbocycles. The number of alkyl halides is 6. The molecule has 15 heteroatoms. The zero-order chi connectivity index (χ0) is 26.2. The maximum absolute atomic E-state index is 13.4. The van der Waals surface area contributed by atoms with Gasteiger partial charge in [0, 0.05) is 43.3 Å². The van der Waals surface area contributed by atoms with Crippen molar-refractivity contribution in [2.24, 2.45) is 5.14 Å². The molecule has 1 aliphatic rings. The number of carbonyl (C=O) groups is 1. The number of anilines is 2. The number of carbonyl (C=O) groups excluding carboxylic acids is 1. The van der Waals surface area contributed by atoms with Gasteiger partial charge in [-0.05, 0) is 32.0 Å². The summed E-state index contributed by atoms with van der Waals surface area (Å²) in [5, 5.41) is 7.62. The zero-order valence-corrected chi connectivity index (χ0v) is 19.4. The van der Waals surface area contributed by atoms with Gasteiger partial charge in [-0.15, -0.1) is 0 Å². The molecule has 0 saturated carbocycles. The summed E-state index contributed by atoms with van der Waals surface area (Å²) in [6, 6.07) is 3.16. The van der Waals surface area contributed by atoms with Crippen LogP contribution in [0.4, 0.5) is 37.8 Å². The van der Waals surface area contributed by atoms with E-state index >= 15 is 0 Å². The normalized spacial score (nSPS) is 17.8. The molecule has 3 rings (SSSR count). The van der Waals surface area contributed by atoms with Crippen LogP contribution >= 0.6 is 0 Å². The van der Waals surface area contributed by atoms with Crippen molar-refractivity contribution in [2.45, 2.75) is 36.8 Å². The average Bonchev–Trinajstić information content (AvgIpc) is 2.73. The van der Waals surface area contributed by atoms with Gasteiger partial charge in [0.1, 0.15) is 21.8 Å². The summed E-state index contributed by atoms with van der Waals surface area (Å²) in [5.74, 6) is -1.05. The molecule has 0 radical (unpaired) electrons. The summed E-state index contributed by atoms with van der Waals surface area (Å²) in [5.41, 5.74) is -2.53. The molecule has 1 aliphatic heterocycles. The lowest BCUT2D eigenvalue weighted by Crippen LogP contribution is -2.61. The molecule has 35 heavy (non-hydrogen) atoms. The minimum absolute atomic E-state index is 0.00369. The molecule has 2 aromatic heterocycles. The van der Waals surface area contributed by atoms with E-state index in [1.165, 1.54) is 28.1 Å². The number of piperazine rings is 1. The van der Waals surface area contributed by atoms with E-state index in [1.807, 2.05) is 0 Å². The van der Waals surface area contributed by atoms with Crippen LogP contribution in [0.2, 0.25) is 0 Å². The van der Waals surface area contributed by atoms with Crippen molar-refractivity contribution in [3.05, 3.63) is 41.7 Å². The predicted octanol–water partition coefficient (Wildman–Crippen LogP) is 3.19. The van der Waals surface area contributed by atoms with E-state index in [9.17, 15) is 35.3 Å². The number of nitrogens with two attached hydrogens (primary N) is 1. The van der Waals surface area contributed by atoms with Crippen LogP contribution < -0.4 is 15.4 Å². The van der Waals surface area contributed by atoms with Gasteiger partial charge in [0.2, 0.25) is 0 Å². The zero-order valence-electron chi connectivity index (χ0n) is 18.6. The quantitative estimate of drug-likeness (QED) is 0.583. The lowest BCUT2D eigenvalue weighted by Gasteiger charge is -2.48. The molecule has 192 valence electrons. The van der Waals surface area contributed by atoms with Crippen LogP contribution in [0.5, 0.6) is 0 Å². The number of amides is 1. The van der Waals surface area contributed by atoms with Gasteiger partial charge in [-0.25, -0.2) is 19.3 Å². The molecular weight excluding hydrogens is 502 g/mol. The number of aromatic nitrogens is 2. The van der Waals surface area contributed by atoms with Crippen LogP contribution in [0, 0.1) is 0 Å². The van der Waals surface area contributed by atoms with Gasteiger partial charge < -0.3 is 10.2 Å². The monoisotopic (exact) mass is 524 g/mol. The third-order valence-corrected chi connectivity index (χ3v) is 6.02. The second-order valence-electron chi connectivity index (χ2n) is 8.50. The molecule has 1 saturated heterocycles. The SMILES string of the molecule is CC1(C)CN(c2ncc(C(F)(F)F)cc2C(=O)Nc2ccnc(S(N)=O)c2)CCN1CC(F)(F)F. The fraction of sp³-hybridized carbons (Fsp3) is 0.450. The van der Waals surface area contributed by atoms with Gasteiger partial charge in [-0.1, -0.05) is 0 Å². The van der Waals surface area contributed by atoms with Gasteiger partial charge in [-0.2, -0.15) is 26.3 Å². The highest BCUT2D eigenvalue weighted by molar-refractivity contribution is 7.82. The van der Waals surface area contributed by atoms with Crippen molar-refractivity contribution in [3.63, 3.8) is 0 Å². The van der Waals surface area contributed by atoms with Crippen LogP contribution in [0.15, 0.2) is 35.6 Å². The number of pyridine rings is 2. The number of nitrogens with one attached hydrogen (secondary N) is 1. The first-order chi connectivity index (χ1) is 16.1. The average molecular weight is 524 g/mol. The highest BCUT2D eigenvalue weighted by Gasteiger charge is 2.42. The fourth-order valence-corrected chi connectivity index (χ4v) is 4.12. The summed E-state index contributed by atoms with van der Waals surface area (Å²) < 4.78 is 90.4. The van der Waals surface area contributed by atoms with Crippen LogP contribution in [0.1, 0.15) is 29.8 Å². The van der Waals surface area contributed by atoms with Crippen molar-refractivity contribution >= 4 is 28.4 Å². The predicted molar refractivity (Wildman–Crippen MR) is 116 cm³/mol. The van der Waals surface area contributed by atoms with Gasteiger partial charge in [0.15, 0.2) is 0 Å². The highest BCUT2D eigenvalue weighted by atomic mass is 32.2. The van der Waals surface area contributed by atoms with E-state index in [1.54, 1.807) is 13.8 Å². The van der Waals surface area contributed by atoms with Crippen molar-refractivity contribution in [1.29, 1.82) is 0 Å². The van der Waals surface area contributed by atoms with Crippen molar-refractivity contribution < 1.29 is 35.3 Å². The van der Waals surface area contributed by atoms with Crippen molar-refractivity contribution in [1.82, 2.24) is 14.9 Å². The Morgan fingerprint density at radius 1 is 1.17 bits per heavy atom. The fourth-order valence-electron chi connectivity index (χ4n) is 3.71. The molecule has 3 heterocycles. The lowest BCUT2D eigenvalue weighted by molar-refractivity contribution is -0.158. The molecular formula is C20H22F6N6O2S. The van der Waals surface area contributed by atoms with Gasteiger partial charge in [0.05, 0.1) is 17.7 Å². The molecule has 0 aliphatic carbocycles. The number of halogens is 6. The van der Waals surface area contributed by atoms with Crippen molar-refractivity contribution in [3.8, 4) is 0 Å². The Kier molecular flexibility index (Phi) is 7.43.